The van der Waals surface area contributed by atoms with Crippen LogP contribution < -0.4 is 5.73 Å². The number of nitrogens with two attached hydrogens (primary N) is 1. The van der Waals surface area contributed by atoms with E-state index in [1.54, 1.807) is 0 Å². The lowest BCUT2D eigenvalue weighted by molar-refractivity contribution is -0.148. The molecule has 0 amide bonds. The van der Waals surface area contributed by atoms with Crippen LogP contribution in [0, 0.1) is 0 Å². The zero-order valence-corrected chi connectivity index (χ0v) is 6.36. The normalized spacial score (nSPS) is 15.6. The van der Waals surface area contributed by atoms with Crippen molar-refractivity contribution < 1.29 is 19.7 Å². The molecule has 0 aliphatic carbocycles. The van der Waals surface area contributed by atoms with Crippen LogP contribution in [0.4, 0.5) is 0 Å². The molecule has 0 aliphatic heterocycles. The molecule has 5 nitrogen and oxygen atoms in total. The Hall–Kier alpha value is -0.650. The largest absolute Gasteiger partial charge is 0.462 e. The van der Waals surface area contributed by atoms with E-state index in [0.29, 0.717) is 0 Å². The maximum Gasteiger partial charge on any atom is 0.325 e. The molecule has 2 atom stereocenters. The maximum atomic E-state index is 10.7. The SMILES string of the molecule is CC(O)COC(=O)[C@@H](N)CO. The summed E-state index contributed by atoms with van der Waals surface area (Å²) < 4.78 is 4.48. The molecule has 0 aromatic heterocycles. The third kappa shape index (κ3) is 4.72. The van der Waals surface area contributed by atoms with Gasteiger partial charge in [0.05, 0.1) is 12.7 Å². The molecule has 0 fully saturated rings. The van der Waals surface area contributed by atoms with Crippen LogP contribution in [0.2, 0.25) is 0 Å². The number of aliphatic hydroxyl groups is 2. The fourth-order valence-electron chi connectivity index (χ4n) is 0.384. The summed E-state index contributed by atoms with van der Waals surface area (Å²) in [5, 5.41) is 17.1. The molecule has 0 heterocycles. The fraction of sp³-hybridized carbons (Fsp3) is 0.833. The van der Waals surface area contributed by atoms with Gasteiger partial charge >= 0.3 is 5.97 Å². The van der Waals surface area contributed by atoms with Crippen molar-refractivity contribution in [2.45, 2.75) is 19.1 Å². The molecule has 4 N–H and O–H groups in total. The highest BCUT2D eigenvalue weighted by molar-refractivity contribution is 5.75. The minimum atomic E-state index is -1.01. The lowest BCUT2D eigenvalue weighted by atomic mass is 10.3. The van der Waals surface area contributed by atoms with Crippen LogP contribution in [0.3, 0.4) is 0 Å². The van der Waals surface area contributed by atoms with Gasteiger partial charge < -0.3 is 20.7 Å². The number of carbonyl (C=O) groups is 1. The molecule has 0 aliphatic rings. The summed E-state index contributed by atoms with van der Waals surface area (Å²) in [6, 6.07) is -1.01. The first-order valence-corrected chi connectivity index (χ1v) is 3.29. The molecule has 0 saturated heterocycles. The van der Waals surface area contributed by atoms with Gasteiger partial charge in [0, 0.05) is 0 Å². The second-order valence-electron chi connectivity index (χ2n) is 2.27. The van der Waals surface area contributed by atoms with Crippen molar-refractivity contribution in [2.75, 3.05) is 13.2 Å². The molecule has 0 aromatic carbocycles. The molecule has 11 heavy (non-hydrogen) atoms. The van der Waals surface area contributed by atoms with Gasteiger partial charge in [-0.3, -0.25) is 4.79 Å². The molecule has 0 aromatic rings. The molecule has 1 unspecified atom stereocenters. The standard InChI is InChI=1S/C6H13NO4/c1-4(9)3-11-6(10)5(7)2-8/h4-5,8-9H,2-3,7H2,1H3/t4?,5-/m0/s1. The van der Waals surface area contributed by atoms with Crippen molar-refractivity contribution in [3.63, 3.8) is 0 Å². The third-order valence-corrected chi connectivity index (χ3v) is 0.966. The van der Waals surface area contributed by atoms with Crippen molar-refractivity contribution in [3.05, 3.63) is 0 Å². The Morgan fingerprint density at radius 1 is 1.73 bits per heavy atom. The average molecular weight is 163 g/mol. The molecule has 0 bridgehead atoms. The van der Waals surface area contributed by atoms with E-state index in [9.17, 15) is 4.79 Å². The smallest absolute Gasteiger partial charge is 0.325 e. The predicted molar refractivity (Wildman–Crippen MR) is 37.7 cm³/mol. The highest BCUT2D eigenvalue weighted by Gasteiger charge is 2.13. The van der Waals surface area contributed by atoms with Crippen molar-refractivity contribution >= 4 is 5.97 Å². The van der Waals surface area contributed by atoms with Crippen LogP contribution in [0.5, 0.6) is 0 Å². The Morgan fingerprint density at radius 2 is 2.27 bits per heavy atom. The molecular weight excluding hydrogens is 150 g/mol. The minimum Gasteiger partial charge on any atom is -0.462 e. The number of esters is 1. The first-order valence-electron chi connectivity index (χ1n) is 3.29. The summed E-state index contributed by atoms with van der Waals surface area (Å²) >= 11 is 0. The van der Waals surface area contributed by atoms with Crippen molar-refractivity contribution in [2.24, 2.45) is 5.73 Å². The van der Waals surface area contributed by atoms with Gasteiger partial charge in [0.2, 0.25) is 0 Å². The molecule has 0 radical (unpaired) electrons. The van der Waals surface area contributed by atoms with Gasteiger partial charge in [-0.2, -0.15) is 0 Å². The number of hydrogen-bond donors (Lipinski definition) is 3. The Morgan fingerprint density at radius 3 is 2.64 bits per heavy atom. The van der Waals surface area contributed by atoms with Crippen LogP contribution in [-0.2, 0) is 9.53 Å². The van der Waals surface area contributed by atoms with E-state index in [1.807, 2.05) is 0 Å². The van der Waals surface area contributed by atoms with E-state index < -0.39 is 24.7 Å². The van der Waals surface area contributed by atoms with Crippen LogP contribution in [0.1, 0.15) is 6.92 Å². The van der Waals surface area contributed by atoms with Gasteiger partial charge in [-0.25, -0.2) is 0 Å². The van der Waals surface area contributed by atoms with E-state index in [-0.39, 0.29) is 6.61 Å². The second-order valence-corrected chi connectivity index (χ2v) is 2.27. The zero-order valence-electron chi connectivity index (χ0n) is 6.36. The molecule has 66 valence electrons. The fourth-order valence-corrected chi connectivity index (χ4v) is 0.384. The number of hydrogen-bond acceptors (Lipinski definition) is 5. The van der Waals surface area contributed by atoms with Crippen LogP contribution in [0.25, 0.3) is 0 Å². The number of carbonyl (C=O) groups excluding carboxylic acids is 1. The number of rotatable bonds is 4. The topological polar surface area (TPSA) is 92.8 Å². The Bertz CT molecular complexity index is 126. The molecule has 0 saturated carbocycles. The lowest BCUT2D eigenvalue weighted by Crippen LogP contribution is -2.36. The highest BCUT2D eigenvalue weighted by atomic mass is 16.5. The van der Waals surface area contributed by atoms with E-state index in [4.69, 9.17) is 15.9 Å². The highest BCUT2D eigenvalue weighted by Crippen LogP contribution is 1.87. The van der Waals surface area contributed by atoms with E-state index in [2.05, 4.69) is 4.74 Å². The summed E-state index contributed by atoms with van der Waals surface area (Å²) in [5.41, 5.74) is 5.10. The van der Waals surface area contributed by atoms with Gasteiger partial charge in [0.1, 0.15) is 12.6 Å². The van der Waals surface area contributed by atoms with Crippen molar-refractivity contribution in [3.8, 4) is 0 Å². The molecular formula is C6H13NO4. The average Bonchev–Trinajstić information content (AvgIpc) is 1.98. The third-order valence-electron chi connectivity index (χ3n) is 0.966. The number of aliphatic hydroxyl groups excluding tert-OH is 2. The lowest BCUT2D eigenvalue weighted by Gasteiger charge is -2.09. The molecule has 0 spiro atoms. The zero-order chi connectivity index (χ0) is 8.85. The first kappa shape index (κ1) is 10.3. The summed E-state index contributed by atoms with van der Waals surface area (Å²) in [5.74, 6) is -0.701. The van der Waals surface area contributed by atoms with Gasteiger partial charge in [0.15, 0.2) is 0 Å². The van der Waals surface area contributed by atoms with E-state index >= 15 is 0 Å². The quantitative estimate of drug-likeness (QED) is 0.426. The first-order chi connectivity index (χ1) is 5.07. The summed E-state index contributed by atoms with van der Waals surface area (Å²) in [6.45, 7) is 0.947. The monoisotopic (exact) mass is 163 g/mol. The van der Waals surface area contributed by atoms with E-state index in [1.165, 1.54) is 6.92 Å². The van der Waals surface area contributed by atoms with Crippen molar-refractivity contribution in [1.29, 1.82) is 0 Å². The Balaban J connectivity index is 3.52. The maximum absolute atomic E-state index is 10.7. The Kier molecular flexibility index (Phi) is 4.76. The Labute approximate surface area is 64.8 Å². The van der Waals surface area contributed by atoms with Gasteiger partial charge in [-0.05, 0) is 6.92 Å². The van der Waals surface area contributed by atoms with Gasteiger partial charge in [-0.15, -0.1) is 0 Å². The predicted octanol–water partition coefficient (Wildman–Crippen LogP) is -1.77. The van der Waals surface area contributed by atoms with Gasteiger partial charge in [0.25, 0.3) is 0 Å². The molecule has 5 heteroatoms. The van der Waals surface area contributed by atoms with E-state index in [0.717, 1.165) is 0 Å². The number of ether oxygens (including phenoxy) is 1. The van der Waals surface area contributed by atoms with Crippen LogP contribution in [-0.4, -0.2) is 41.5 Å². The summed E-state index contributed by atoms with van der Waals surface area (Å²) in [4.78, 5) is 10.7. The molecule has 0 rings (SSSR count). The van der Waals surface area contributed by atoms with Crippen molar-refractivity contribution in [1.82, 2.24) is 0 Å². The van der Waals surface area contributed by atoms with Crippen LogP contribution in [0.15, 0.2) is 0 Å². The van der Waals surface area contributed by atoms with Crippen LogP contribution >= 0.6 is 0 Å². The minimum absolute atomic E-state index is 0.0907. The second kappa shape index (κ2) is 5.06. The summed E-state index contributed by atoms with van der Waals surface area (Å²) in [7, 11) is 0. The van der Waals surface area contributed by atoms with Gasteiger partial charge in [-0.1, -0.05) is 0 Å². The summed E-state index contributed by atoms with van der Waals surface area (Å²) in [6.07, 6.45) is -0.704.